The van der Waals surface area contributed by atoms with E-state index in [1.54, 1.807) is 47.8 Å². The highest BCUT2D eigenvalue weighted by molar-refractivity contribution is 6.30. The third kappa shape index (κ3) is 3.96. The van der Waals surface area contributed by atoms with Gasteiger partial charge in [0, 0.05) is 10.6 Å². The van der Waals surface area contributed by atoms with Gasteiger partial charge in [0.05, 0.1) is 31.3 Å². The molecule has 0 spiro atoms. The predicted molar refractivity (Wildman–Crippen MR) is 100 cm³/mol. The highest BCUT2D eigenvalue weighted by Crippen LogP contribution is 2.22. The van der Waals surface area contributed by atoms with Gasteiger partial charge in [-0.2, -0.15) is 5.10 Å². The minimum atomic E-state index is -0.205. The number of nitrogens with zero attached hydrogens (tertiary/aromatic N) is 2. The quantitative estimate of drug-likeness (QED) is 0.522. The summed E-state index contributed by atoms with van der Waals surface area (Å²) in [6.45, 7) is 0.635. The van der Waals surface area contributed by atoms with E-state index >= 15 is 0 Å². The van der Waals surface area contributed by atoms with Crippen molar-refractivity contribution in [2.24, 2.45) is 0 Å². The SMILES string of the molecule is O=C(c1cc(-c2cccc(Cl)c2)n[nH]1)N(Cc1ccco1)Cc1ccco1. The number of benzene rings is 1. The Morgan fingerprint density at radius 2 is 1.70 bits per heavy atom. The van der Waals surface area contributed by atoms with Crippen LogP contribution in [0.25, 0.3) is 11.3 Å². The van der Waals surface area contributed by atoms with Gasteiger partial charge in [-0.05, 0) is 42.5 Å². The maximum absolute atomic E-state index is 13.1. The maximum atomic E-state index is 13.1. The smallest absolute Gasteiger partial charge is 0.272 e. The van der Waals surface area contributed by atoms with Crippen molar-refractivity contribution in [3.8, 4) is 11.3 Å². The van der Waals surface area contributed by atoms with Crippen molar-refractivity contribution in [2.45, 2.75) is 13.1 Å². The molecule has 6 nitrogen and oxygen atoms in total. The fraction of sp³-hybridized carbons (Fsp3) is 0.100. The van der Waals surface area contributed by atoms with E-state index in [0.717, 1.165) is 5.56 Å². The molecule has 136 valence electrons. The number of aromatic amines is 1. The Morgan fingerprint density at radius 1 is 1.00 bits per heavy atom. The van der Waals surface area contributed by atoms with E-state index in [1.165, 1.54) is 0 Å². The molecule has 0 unspecified atom stereocenters. The second-order valence-corrected chi connectivity index (χ2v) is 6.43. The highest BCUT2D eigenvalue weighted by Gasteiger charge is 2.21. The molecular formula is C20H16ClN3O3. The summed E-state index contributed by atoms with van der Waals surface area (Å²) >= 11 is 6.04. The van der Waals surface area contributed by atoms with Gasteiger partial charge in [0.15, 0.2) is 0 Å². The van der Waals surface area contributed by atoms with Crippen LogP contribution in [0.15, 0.2) is 76.0 Å². The number of amides is 1. The lowest BCUT2D eigenvalue weighted by molar-refractivity contribution is 0.0699. The fourth-order valence-corrected chi connectivity index (χ4v) is 2.97. The number of carbonyl (C=O) groups is 1. The van der Waals surface area contributed by atoms with E-state index in [1.807, 2.05) is 24.3 Å². The molecule has 0 atom stereocenters. The highest BCUT2D eigenvalue weighted by atomic mass is 35.5. The molecule has 0 saturated carbocycles. The van der Waals surface area contributed by atoms with Crippen molar-refractivity contribution < 1.29 is 13.6 Å². The van der Waals surface area contributed by atoms with Crippen LogP contribution < -0.4 is 0 Å². The summed E-state index contributed by atoms with van der Waals surface area (Å²) in [5.41, 5.74) is 1.86. The van der Waals surface area contributed by atoms with Crippen molar-refractivity contribution in [1.82, 2.24) is 15.1 Å². The Morgan fingerprint density at radius 3 is 2.30 bits per heavy atom. The molecule has 0 fully saturated rings. The number of aromatic nitrogens is 2. The molecule has 7 heteroatoms. The van der Waals surface area contributed by atoms with Crippen molar-refractivity contribution in [3.63, 3.8) is 0 Å². The molecule has 3 heterocycles. The molecule has 0 aliphatic rings. The second-order valence-electron chi connectivity index (χ2n) is 6.00. The Balaban J connectivity index is 1.59. The summed E-state index contributed by atoms with van der Waals surface area (Å²) in [7, 11) is 0. The van der Waals surface area contributed by atoms with Gasteiger partial charge in [0.25, 0.3) is 5.91 Å². The standard InChI is InChI=1S/C20H16ClN3O3/c21-15-5-1-4-14(10-15)18-11-19(23-22-18)20(25)24(12-16-6-2-8-26-16)13-17-7-3-9-27-17/h1-11H,12-13H2,(H,22,23). The van der Waals surface area contributed by atoms with Gasteiger partial charge in [-0.1, -0.05) is 23.7 Å². The first-order valence-corrected chi connectivity index (χ1v) is 8.72. The lowest BCUT2D eigenvalue weighted by Crippen LogP contribution is -2.30. The average molecular weight is 382 g/mol. The number of rotatable bonds is 6. The molecule has 0 saturated heterocycles. The molecule has 0 aliphatic carbocycles. The average Bonchev–Trinajstić information content (AvgIpc) is 3.43. The van der Waals surface area contributed by atoms with E-state index in [0.29, 0.717) is 41.0 Å². The number of furan rings is 2. The number of hydrogen-bond acceptors (Lipinski definition) is 4. The summed E-state index contributed by atoms with van der Waals surface area (Å²) in [5, 5.41) is 7.68. The first kappa shape index (κ1) is 17.2. The number of halogens is 1. The number of nitrogens with one attached hydrogen (secondary N) is 1. The molecule has 27 heavy (non-hydrogen) atoms. The van der Waals surface area contributed by atoms with Crippen LogP contribution in [-0.4, -0.2) is 21.0 Å². The summed E-state index contributed by atoms with van der Waals surface area (Å²) in [4.78, 5) is 14.7. The van der Waals surface area contributed by atoms with E-state index in [4.69, 9.17) is 20.4 Å². The lowest BCUT2D eigenvalue weighted by atomic mass is 10.1. The second kappa shape index (κ2) is 7.55. The third-order valence-electron chi connectivity index (χ3n) is 4.07. The minimum absolute atomic E-state index is 0.205. The van der Waals surface area contributed by atoms with Crippen LogP contribution in [0, 0.1) is 0 Å². The molecule has 4 rings (SSSR count). The Bertz CT molecular complexity index is 986. The normalized spacial score (nSPS) is 10.9. The van der Waals surface area contributed by atoms with Gasteiger partial charge < -0.3 is 13.7 Å². The van der Waals surface area contributed by atoms with Crippen molar-refractivity contribution in [3.05, 3.63) is 89.4 Å². The van der Waals surface area contributed by atoms with Crippen LogP contribution in [0.4, 0.5) is 0 Å². The summed E-state index contributed by atoms with van der Waals surface area (Å²) in [6, 6.07) is 16.3. The monoisotopic (exact) mass is 381 g/mol. The van der Waals surface area contributed by atoms with Crippen LogP contribution in [-0.2, 0) is 13.1 Å². The van der Waals surface area contributed by atoms with Crippen molar-refractivity contribution >= 4 is 17.5 Å². The van der Waals surface area contributed by atoms with Crippen molar-refractivity contribution in [2.75, 3.05) is 0 Å². The Hall–Kier alpha value is -3.25. The molecule has 0 aliphatic heterocycles. The van der Waals surface area contributed by atoms with E-state index in [-0.39, 0.29) is 5.91 Å². The summed E-state index contributed by atoms with van der Waals surface area (Å²) < 4.78 is 10.8. The van der Waals surface area contributed by atoms with Gasteiger partial charge in [-0.15, -0.1) is 0 Å². The summed E-state index contributed by atoms with van der Waals surface area (Å²) in [6.07, 6.45) is 3.16. The number of carbonyl (C=O) groups excluding carboxylic acids is 1. The molecule has 0 radical (unpaired) electrons. The van der Waals surface area contributed by atoms with Gasteiger partial charge in [0.1, 0.15) is 17.2 Å². The largest absolute Gasteiger partial charge is 0.467 e. The summed E-state index contributed by atoms with van der Waals surface area (Å²) in [5.74, 6) is 1.16. The molecule has 3 aromatic heterocycles. The number of hydrogen-bond donors (Lipinski definition) is 1. The third-order valence-corrected chi connectivity index (χ3v) is 4.30. The van der Waals surface area contributed by atoms with E-state index < -0.39 is 0 Å². The van der Waals surface area contributed by atoms with Gasteiger partial charge in [0.2, 0.25) is 0 Å². The molecule has 1 aromatic carbocycles. The van der Waals surface area contributed by atoms with Crippen LogP contribution in [0.2, 0.25) is 5.02 Å². The number of H-pyrrole nitrogens is 1. The zero-order valence-corrected chi connectivity index (χ0v) is 15.0. The molecule has 4 aromatic rings. The molecule has 1 N–H and O–H groups in total. The predicted octanol–water partition coefficient (Wildman–Crippen LogP) is 4.76. The van der Waals surface area contributed by atoms with Crippen LogP contribution in [0.5, 0.6) is 0 Å². The van der Waals surface area contributed by atoms with Crippen molar-refractivity contribution in [1.29, 1.82) is 0 Å². The topological polar surface area (TPSA) is 75.3 Å². The van der Waals surface area contributed by atoms with E-state index in [2.05, 4.69) is 10.2 Å². The first-order chi connectivity index (χ1) is 13.2. The Kier molecular flexibility index (Phi) is 4.80. The van der Waals surface area contributed by atoms with Gasteiger partial charge in [-0.3, -0.25) is 9.89 Å². The maximum Gasteiger partial charge on any atom is 0.272 e. The Labute approximate surface area is 160 Å². The van der Waals surface area contributed by atoms with Crippen LogP contribution >= 0.6 is 11.6 Å². The lowest BCUT2D eigenvalue weighted by Gasteiger charge is -2.19. The zero-order valence-electron chi connectivity index (χ0n) is 14.3. The molecule has 1 amide bonds. The fourth-order valence-electron chi connectivity index (χ4n) is 2.78. The molecular weight excluding hydrogens is 366 g/mol. The van der Waals surface area contributed by atoms with Crippen LogP contribution in [0.3, 0.4) is 0 Å². The minimum Gasteiger partial charge on any atom is -0.467 e. The first-order valence-electron chi connectivity index (χ1n) is 8.34. The van der Waals surface area contributed by atoms with E-state index in [9.17, 15) is 4.79 Å². The van der Waals surface area contributed by atoms with Gasteiger partial charge in [-0.25, -0.2) is 0 Å². The molecule has 0 bridgehead atoms. The van der Waals surface area contributed by atoms with Crippen LogP contribution in [0.1, 0.15) is 22.0 Å². The zero-order chi connectivity index (χ0) is 18.6. The van der Waals surface area contributed by atoms with Gasteiger partial charge >= 0.3 is 0 Å².